The average molecular weight is 547 g/mol. The number of pyridine rings is 1. The van der Waals surface area contributed by atoms with Gasteiger partial charge in [-0.1, -0.05) is 52.7 Å². The van der Waals surface area contributed by atoms with E-state index in [-0.39, 0.29) is 24.3 Å². The molecule has 4 heterocycles. The fraction of sp³-hybridized carbons (Fsp3) is 0.500. The maximum atomic E-state index is 14.9. The van der Waals surface area contributed by atoms with E-state index in [4.69, 9.17) is 0 Å². The first-order valence-electron chi connectivity index (χ1n) is 14.7. The van der Waals surface area contributed by atoms with E-state index >= 15 is 0 Å². The summed E-state index contributed by atoms with van der Waals surface area (Å²) in [7, 11) is 0. The number of nitrogens with zero attached hydrogens (tertiary/aromatic N) is 5. The predicted octanol–water partition coefficient (Wildman–Crippen LogP) is 6.87. The van der Waals surface area contributed by atoms with Gasteiger partial charge in [0, 0.05) is 44.1 Å². The van der Waals surface area contributed by atoms with Gasteiger partial charge in [0.05, 0.1) is 18.1 Å². The summed E-state index contributed by atoms with van der Waals surface area (Å²) >= 11 is 0. The molecule has 3 aromatic rings. The highest BCUT2D eigenvalue weighted by Gasteiger charge is 2.51. The minimum absolute atomic E-state index is 0. The van der Waals surface area contributed by atoms with Crippen molar-refractivity contribution in [1.82, 2.24) is 19.9 Å². The molecule has 0 amide bonds. The number of halogens is 1. The summed E-state index contributed by atoms with van der Waals surface area (Å²) in [5, 5.41) is 3.12. The Morgan fingerprint density at radius 2 is 1.77 bits per heavy atom. The molecule has 0 bridgehead atoms. The van der Waals surface area contributed by atoms with E-state index in [1.807, 2.05) is 38.2 Å². The van der Waals surface area contributed by atoms with Gasteiger partial charge in [-0.25, -0.2) is 19.3 Å². The summed E-state index contributed by atoms with van der Waals surface area (Å²) in [6.45, 7) is 15.7. The monoisotopic (exact) mass is 546 g/mol. The van der Waals surface area contributed by atoms with Crippen molar-refractivity contribution in [1.29, 1.82) is 0 Å². The van der Waals surface area contributed by atoms with Gasteiger partial charge in [-0.05, 0) is 55.5 Å². The highest BCUT2D eigenvalue weighted by Crippen LogP contribution is 2.44. The van der Waals surface area contributed by atoms with Gasteiger partial charge < -0.3 is 15.1 Å². The maximum absolute atomic E-state index is 14.9. The number of carbonyl (C=O) groups is 1. The lowest BCUT2D eigenvalue weighted by atomic mass is 9.72. The third-order valence-electron chi connectivity index (χ3n) is 8.74. The van der Waals surface area contributed by atoms with Crippen LogP contribution in [-0.4, -0.2) is 58.4 Å². The van der Waals surface area contributed by atoms with Crippen LogP contribution in [0.2, 0.25) is 0 Å². The average Bonchev–Trinajstić information content (AvgIpc) is 3.37. The van der Waals surface area contributed by atoms with Crippen molar-refractivity contribution in [3.63, 3.8) is 0 Å². The molecule has 2 aromatic heterocycles. The van der Waals surface area contributed by atoms with Gasteiger partial charge >= 0.3 is 0 Å². The van der Waals surface area contributed by atoms with Crippen LogP contribution >= 0.6 is 0 Å². The van der Waals surface area contributed by atoms with Crippen LogP contribution in [0.5, 0.6) is 0 Å². The molecule has 1 aliphatic carbocycles. The Balaban J connectivity index is 0.00000126. The molecule has 1 spiro atoms. The number of benzene rings is 1. The van der Waals surface area contributed by atoms with Crippen LogP contribution < -0.4 is 10.2 Å². The Labute approximate surface area is 238 Å². The number of anilines is 3. The van der Waals surface area contributed by atoms with Gasteiger partial charge in [0.25, 0.3) is 0 Å². The minimum Gasteiger partial charge on any atom is -0.369 e. The Morgan fingerprint density at radius 3 is 2.40 bits per heavy atom. The highest BCUT2D eigenvalue weighted by atomic mass is 19.1. The fourth-order valence-electron chi connectivity index (χ4n) is 6.59. The van der Waals surface area contributed by atoms with Crippen LogP contribution in [0.25, 0.3) is 11.3 Å². The van der Waals surface area contributed by atoms with Gasteiger partial charge in [-0.3, -0.25) is 4.79 Å². The molecule has 1 saturated carbocycles. The first-order chi connectivity index (χ1) is 19.3. The molecule has 1 aromatic carbocycles. The second-order valence-corrected chi connectivity index (χ2v) is 11.7. The second kappa shape index (κ2) is 11.2. The van der Waals surface area contributed by atoms with E-state index in [1.54, 1.807) is 13.0 Å². The van der Waals surface area contributed by atoms with E-state index in [9.17, 15) is 9.18 Å². The number of likely N-dealkylation sites (tertiary alicyclic amines) is 1. The maximum Gasteiger partial charge on any atom is 0.229 e. The summed E-state index contributed by atoms with van der Waals surface area (Å²) in [6, 6.07) is 9.51. The lowest BCUT2D eigenvalue weighted by Gasteiger charge is -2.61. The first kappa shape index (κ1) is 28.1. The number of hydrogen-bond donors (Lipinski definition) is 1. The second-order valence-electron chi connectivity index (χ2n) is 11.7. The summed E-state index contributed by atoms with van der Waals surface area (Å²) < 4.78 is 14.9. The highest BCUT2D eigenvalue weighted by molar-refractivity contribution is 5.96. The molecule has 0 unspecified atom stereocenters. The predicted molar refractivity (Wildman–Crippen MR) is 161 cm³/mol. The fourth-order valence-corrected chi connectivity index (χ4v) is 6.59. The quantitative estimate of drug-likeness (QED) is 0.324. The van der Waals surface area contributed by atoms with Gasteiger partial charge in [0.2, 0.25) is 5.95 Å². The van der Waals surface area contributed by atoms with Gasteiger partial charge in [0.1, 0.15) is 11.5 Å². The zero-order valence-electron chi connectivity index (χ0n) is 24.4. The van der Waals surface area contributed by atoms with E-state index < -0.39 is 5.82 Å². The molecule has 0 radical (unpaired) electrons. The molecule has 0 atom stereocenters. The van der Waals surface area contributed by atoms with Gasteiger partial charge in [-0.15, -0.1) is 0 Å². The number of hydrogen-bond acceptors (Lipinski definition) is 7. The molecule has 40 heavy (non-hydrogen) atoms. The third kappa shape index (κ3) is 5.33. The van der Waals surface area contributed by atoms with Crippen LogP contribution in [0, 0.1) is 11.2 Å². The van der Waals surface area contributed by atoms with Crippen molar-refractivity contribution in [3.8, 4) is 11.3 Å². The smallest absolute Gasteiger partial charge is 0.229 e. The van der Waals surface area contributed by atoms with Crippen molar-refractivity contribution < 1.29 is 10.6 Å². The van der Waals surface area contributed by atoms with E-state index in [0.717, 1.165) is 56.6 Å². The van der Waals surface area contributed by atoms with E-state index in [2.05, 4.69) is 50.0 Å². The summed E-state index contributed by atoms with van der Waals surface area (Å²) in [5.41, 5.74) is 4.04. The first-order valence-corrected chi connectivity index (χ1v) is 14.7. The number of Topliss-reactive ketones (excluding diaryl/α,β-unsaturated/α-hetero) is 1. The Morgan fingerprint density at radius 1 is 1.05 bits per heavy atom. The van der Waals surface area contributed by atoms with E-state index in [1.165, 1.54) is 19.3 Å². The van der Waals surface area contributed by atoms with Crippen LogP contribution in [-0.2, 0) is 5.41 Å². The zero-order chi connectivity index (χ0) is 28.5. The molecule has 3 aliphatic rings. The zero-order valence-corrected chi connectivity index (χ0v) is 24.4. The number of ketones is 1. The molecule has 214 valence electrons. The van der Waals surface area contributed by atoms with Crippen LogP contribution in [0.15, 0.2) is 42.7 Å². The lowest BCUT2D eigenvalue weighted by Crippen LogP contribution is -2.72. The molecule has 3 fully saturated rings. The normalized spacial score (nSPS) is 18.9. The van der Waals surface area contributed by atoms with Gasteiger partial charge in [0.15, 0.2) is 11.6 Å². The van der Waals surface area contributed by atoms with Crippen molar-refractivity contribution in [3.05, 3.63) is 59.7 Å². The van der Waals surface area contributed by atoms with Crippen LogP contribution in [0.1, 0.15) is 77.7 Å². The molecule has 2 aliphatic heterocycles. The van der Waals surface area contributed by atoms with Crippen molar-refractivity contribution in [2.75, 3.05) is 42.9 Å². The Bertz CT molecular complexity index is 1360. The number of carbonyl (C=O) groups excluding carboxylic acids is 1. The summed E-state index contributed by atoms with van der Waals surface area (Å²) in [5.74, 6) is 0.418. The molecule has 1 N–H and O–H groups in total. The largest absolute Gasteiger partial charge is 0.369 e. The SMILES string of the molecule is CC.CCN1CC2(C1)CN(c1ccc(Nc3ncc(F)c(-c4ccc(C(C)=O)c(C5(C)CCCC5)c4)n3)nc1)C2.[HH]. The summed E-state index contributed by atoms with van der Waals surface area (Å²) in [4.78, 5) is 30.4. The van der Waals surface area contributed by atoms with Crippen LogP contribution in [0.3, 0.4) is 0 Å². The number of nitrogens with one attached hydrogen (secondary N) is 1. The molecular formula is C32H43FN6O. The molecule has 6 rings (SSSR count). The third-order valence-corrected chi connectivity index (χ3v) is 8.74. The van der Waals surface area contributed by atoms with Gasteiger partial charge in [-0.2, -0.15) is 0 Å². The van der Waals surface area contributed by atoms with Crippen molar-refractivity contribution >= 4 is 23.2 Å². The Hall–Kier alpha value is -3.39. The topological polar surface area (TPSA) is 74.2 Å². The van der Waals surface area contributed by atoms with E-state index in [0.29, 0.717) is 22.4 Å². The standard InChI is InChI=1S/C30H35FN6O.C2H6.H2/c1-4-36-16-30(17-36)18-37(19-30)22-8-10-26(32-14-22)34-28-33-15-25(31)27(35-28)21-7-9-23(20(2)38)24(13-21)29(3)11-5-6-12-29;1-2;/h7-10,13-15H,4-6,11-12,16-19H2,1-3H3,(H,32,33,34,35);1-2H3;1H. The number of aromatic nitrogens is 3. The summed E-state index contributed by atoms with van der Waals surface area (Å²) in [6.07, 6.45) is 7.36. The van der Waals surface area contributed by atoms with Crippen LogP contribution in [0.4, 0.5) is 21.8 Å². The number of rotatable bonds is 7. The molecule has 7 nitrogen and oxygen atoms in total. The molecule has 2 saturated heterocycles. The molecule has 8 heteroatoms. The van der Waals surface area contributed by atoms with Crippen molar-refractivity contribution in [2.45, 2.75) is 65.7 Å². The minimum atomic E-state index is -0.499. The molecular weight excluding hydrogens is 503 g/mol. The van der Waals surface area contributed by atoms with Crippen molar-refractivity contribution in [2.24, 2.45) is 5.41 Å². The lowest BCUT2D eigenvalue weighted by molar-refractivity contribution is -0.0178. The Kier molecular flexibility index (Phi) is 7.91.